The third kappa shape index (κ3) is 11.0. The van der Waals surface area contributed by atoms with Crippen molar-refractivity contribution in [1.82, 2.24) is 10.6 Å². The van der Waals surface area contributed by atoms with E-state index < -0.39 is 17.6 Å². The lowest BCUT2D eigenvalue weighted by Gasteiger charge is -2.19. The van der Waals surface area contributed by atoms with E-state index in [1.54, 1.807) is 12.1 Å². The number of anilines is 1. The van der Waals surface area contributed by atoms with Crippen molar-refractivity contribution in [2.45, 2.75) is 46.3 Å². The maximum Gasteiger partial charge on any atom is 0.412 e. The summed E-state index contributed by atoms with van der Waals surface area (Å²) in [6, 6.07) is 14.8. The van der Waals surface area contributed by atoms with E-state index in [2.05, 4.69) is 20.9 Å². The molecule has 0 heterocycles. The number of aliphatic imine (C=N–C) groups is 1. The average Bonchev–Trinajstić information content (AvgIpc) is 2.72. The largest absolute Gasteiger partial charge is 0.444 e. The Hall–Kier alpha value is -2.82. The monoisotopic (exact) mass is 567 g/mol. The van der Waals surface area contributed by atoms with Crippen LogP contribution in [-0.4, -0.2) is 36.7 Å². The Balaban J connectivity index is 0.00000544. The van der Waals surface area contributed by atoms with Crippen LogP contribution in [0.3, 0.4) is 0 Å². The molecule has 0 fully saturated rings. The second-order valence-corrected chi connectivity index (χ2v) is 8.26. The Bertz CT molecular complexity index is 923. The van der Waals surface area contributed by atoms with E-state index in [1.165, 1.54) is 0 Å². The Morgan fingerprint density at radius 3 is 2.12 bits per heavy atom. The Kier molecular flexibility index (Phi) is 11.7. The number of hydrogen-bond donors (Lipinski definition) is 4. The number of nitrogens with two attached hydrogens (primary N) is 1. The summed E-state index contributed by atoms with van der Waals surface area (Å²) >= 11 is 0. The maximum absolute atomic E-state index is 11.8. The second-order valence-electron chi connectivity index (χ2n) is 8.26. The number of rotatable bonds is 8. The summed E-state index contributed by atoms with van der Waals surface area (Å²) in [5.41, 5.74) is 8.02. The minimum absolute atomic E-state index is 0. The molecule has 0 aromatic heterocycles. The maximum atomic E-state index is 11.8. The van der Waals surface area contributed by atoms with Gasteiger partial charge in [-0.25, -0.2) is 9.79 Å². The second kappa shape index (κ2) is 13.7. The van der Waals surface area contributed by atoms with Crippen LogP contribution in [0.1, 0.15) is 49.2 Å². The molecule has 8 nitrogen and oxygen atoms in total. The number of carbonyl (C=O) groups is 2. The van der Waals surface area contributed by atoms with Crippen molar-refractivity contribution >= 4 is 47.6 Å². The van der Waals surface area contributed by atoms with E-state index in [4.69, 9.17) is 10.5 Å². The fourth-order valence-corrected chi connectivity index (χ4v) is 2.79. The van der Waals surface area contributed by atoms with Crippen molar-refractivity contribution in [2.24, 2.45) is 10.7 Å². The van der Waals surface area contributed by atoms with E-state index >= 15 is 0 Å². The van der Waals surface area contributed by atoms with Gasteiger partial charge in [0, 0.05) is 24.3 Å². The third-order valence-electron chi connectivity index (χ3n) is 4.31. The number of nitrogens with zero attached hydrogens (tertiary/aromatic N) is 1. The lowest BCUT2D eigenvalue weighted by Crippen LogP contribution is -2.38. The molecule has 9 heteroatoms. The quantitative estimate of drug-likeness (QED) is 0.218. The first-order valence-electron chi connectivity index (χ1n) is 10.7. The van der Waals surface area contributed by atoms with E-state index in [-0.39, 0.29) is 24.0 Å². The number of hydrogen-bond acceptors (Lipinski definition) is 4. The molecule has 0 aliphatic rings. The number of benzene rings is 2. The van der Waals surface area contributed by atoms with Crippen molar-refractivity contribution in [3.63, 3.8) is 0 Å². The molecule has 5 N–H and O–H groups in total. The van der Waals surface area contributed by atoms with Gasteiger partial charge in [0.2, 0.25) is 5.91 Å². The molecule has 0 atom stereocenters. The molecule has 2 aromatic carbocycles. The zero-order valence-electron chi connectivity index (χ0n) is 19.6. The fourth-order valence-electron chi connectivity index (χ4n) is 2.79. The highest BCUT2D eigenvalue weighted by molar-refractivity contribution is 14.0. The molecule has 180 valence electrons. The van der Waals surface area contributed by atoms with E-state index in [0.29, 0.717) is 24.3 Å². The highest BCUT2D eigenvalue weighted by Gasteiger charge is 2.16. The SMILES string of the molecule is CCNC(=NCc1ccc(C(N)=O)cc1)NCCc1ccc(NC(=O)OC(C)(C)C)cc1.I. The summed E-state index contributed by atoms with van der Waals surface area (Å²) < 4.78 is 5.26. The Morgan fingerprint density at radius 1 is 0.970 bits per heavy atom. The first-order valence-corrected chi connectivity index (χ1v) is 10.7. The Morgan fingerprint density at radius 2 is 1.58 bits per heavy atom. The molecular weight excluding hydrogens is 533 g/mol. The Labute approximate surface area is 212 Å². The first kappa shape index (κ1) is 28.2. The molecule has 0 saturated heterocycles. The summed E-state index contributed by atoms with van der Waals surface area (Å²) in [4.78, 5) is 27.6. The summed E-state index contributed by atoms with van der Waals surface area (Å²) in [5, 5.41) is 9.27. The van der Waals surface area contributed by atoms with Gasteiger partial charge in [0.15, 0.2) is 5.96 Å². The van der Waals surface area contributed by atoms with Crippen LogP contribution < -0.4 is 21.7 Å². The van der Waals surface area contributed by atoms with Gasteiger partial charge in [-0.1, -0.05) is 24.3 Å². The van der Waals surface area contributed by atoms with Crippen molar-refractivity contribution in [1.29, 1.82) is 0 Å². The van der Waals surface area contributed by atoms with Gasteiger partial charge in [0.05, 0.1) is 6.54 Å². The van der Waals surface area contributed by atoms with Crippen LogP contribution in [0.2, 0.25) is 0 Å². The van der Waals surface area contributed by atoms with Crippen LogP contribution in [-0.2, 0) is 17.7 Å². The van der Waals surface area contributed by atoms with Crippen molar-refractivity contribution < 1.29 is 14.3 Å². The number of carbonyl (C=O) groups excluding carboxylic acids is 2. The molecule has 0 aliphatic heterocycles. The molecular formula is C24H34IN5O3. The number of amides is 2. The summed E-state index contributed by atoms with van der Waals surface area (Å²) in [7, 11) is 0. The standard InChI is InChI=1S/C24H33N5O3.HI/c1-5-26-22(28-16-18-6-10-19(11-7-18)21(25)30)27-15-14-17-8-12-20(13-9-17)29-23(31)32-24(2,3)4;/h6-13H,5,14-16H2,1-4H3,(H2,25,30)(H,29,31)(H2,26,27,28);1H. The average molecular weight is 567 g/mol. The van der Waals surface area contributed by atoms with Gasteiger partial charge >= 0.3 is 6.09 Å². The minimum Gasteiger partial charge on any atom is -0.444 e. The van der Waals surface area contributed by atoms with Gasteiger partial charge in [-0.05, 0) is 69.5 Å². The van der Waals surface area contributed by atoms with Gasteiger partial charge in [-0.2, -0.15) is 0 Å². The highest BCUT2D eigenvalue weighted by atomic mass is 127. The van der Waals surface area contributed by atoms with Gasteiger partial charge < -0.3 is 21.1 Å². The highest BCUT2D eigenvalue weighted by Crippen LogP contribution is 2.13. The molecule has 0 aliphatic carbocycles. The van der Waals surface area contributed by atoms with E-state index in [1.807, 2.05) is 64.1 Å². The zero-order chi connectivity index (χ0) is 23.6. The van der Waals surface area contributed by atoms with Crippen LogP contribution in [0.25, 0.3) is 0 Å². The zero-order valence-corrected chi connectivity index (χ0v) is 21.9. The fraction of sp³-hybridized carbons (Fsp3) is 0.375. The summed E-state index contributed by atoms with van der Waals surface area (Å²) in [6.45, 7) is 9.42. The molecule has 2 rings (SSSR count). The number of primary amides is 1. The van der Waals surface area contributed by atoms with Crippen LogP contribution in [0.15, 0.2) is 53.5 Å². The smallest absolute Gasteiger partial charge is 0.412 e. The number of nitrogens with one attached hydrogen (secondary N) is 3. The summed E-state index contributed by atoms with van der Waals surface area (Å²) in [5.74, 6) is 0.276. The minimum atomic E-state index is -0.533. The summed E-state index contributed by atoms with van der Waals surface area (Å²) in [6.07, 6.45) is 0.326. The topological polar surface area (TPSA) is 118 Å². The lowest BCUT2D eigenvalue weighted by atomic mass is 10.1. The molecule has 33 heavy (non-hydrogen) atoms. The molecule has 0 saturated carbocycles. The van der Waals surface area contributed by atoms with E-state index in [9.17, 15) is 9.59 Å². The van der Waals surface area contributed by atoms with Crippen molar-refractivity contribution in [3.05, 3.63) is 65.2 Å². The van der Waals surface area contributed by atoms with Crippen LogP contribution in [0, 0.1) is 0 Å². The van der Waals surface area contributed by atoms with Gasteiger partial charge in [-0.15, -0.1) is 24.0 Å². The van der Waals surface area contributed by atoms with Crippen LogP contribution in [0.5, 0.6) is 0 Å². The number of guanidine groups is 1. The van der Waals surface area contributed by atoms with Gasteiger partial charge in [-0.3, -0.25) is 10.1 Å². The van der Waals surface area contributed by atoms with Crippen LogP contribution in [0.4, 0.5) is 10.5 Å². The van der Waals surface area contributed by atoms with E-state index in [0.717, 1.165) is 30.1 Å². The molecule has 0 radical (unpaired) electrons. The number of ether oxygens (including phenoxy) is 1. The molecule has 0 unspecified atom stereocenters. The number of halogens is 1. The van der Waals surface area contributed by atoms with Gasteiger partial charge in [0.25, 0.3) is 0 Å². The first-order chi connectivity index (χ1) is 15.2. The lowest BCUT2D eigenvalue weighted by molar-refractivity contribution is 0.0635. The predicted molar refractivity (Wildman–Crippen MR) is 143 cm³/mol. The normalized spacial score (nSPS) is 11.2. The predicted octanol–water partition coefficient (Wildman–Crippen LogP) is 4.05. The van der Waals surface area contributed by atoms with Crippen molar-refractivity contribution in [2.75, 3.05) is 18.4 Å². The van der Waals surface area contributed by atoms with Crippen molar-refractivity contribution in [3.8, 4) is 0 Å². The molecule has 0 spiro atoms. The van der Waals surface area contributed by atoms with Gasteiger partial charge in [0.1, 0.15) is 5.60 Å². The molecule has 2 aromatic rings. The van der Waals surface area contributed by atoms with Crippen LogP contribution >= 0.6 is 24.0 Å². The molecule has 0 bridgehead atoms. The third-order valence-corrected chi connectivity index (χ3v) is 4.31. The molecule has 2 amide bonds.